The smallest absolute Gasteiger partial charge is 0.0462 e. The van der Waals surface area contributed by atoms with Crippen molar-refractivity contribution in [3.05, 3.63) is 0 Å². The zero-order valence-electron chi connectivity index (χ0n) is 11.0. The highest BCUT2D eigenvalue weighted by Crippen LogP contribution is 2.34. The predicted molar refractivity (Wildman–Crippen MR) is 68.6 cm³/mol. The largest absolute Gasteiger partial charge is 0.385 e. The summed E-state index contributed by atoms with van der Waals surface area (Å²) in [5, 5.41) is 0. The Morgan fingerprint density at radius 3 is 2.44 bits per heavy atom. The van der Waals surface area contributed by atoms with Crippen molar-refractivity contribution in [1.29, 1.82) is 0 Å². The molecule has 16 heavy (non-hydrogen) atoms. The Morgan fingerprint density at radius 1 is 1.25 bits per heavy atom. The standard InChI is InChI=1S/C13H28N2O/c1-3-15(10-6-7-11-16-2)13(12-14)8-4-5-9-13/h3-12,14H2,1-2H3. The Morgan fingerprint density at radius 2 is 1.94 bits per heavy atom. The lowest BCUT2D eigenvalue weighted by Gasteiger charge is -2.40. The number of hydrogen-bond donors (Lipinski definition) is 1. The van der Waals surface area contributed by atoms with E-state index >= 15 is 0 Å². The molecule has 1 aliphatic carbocycles. The van der Waals surface area contributed by atoms with Gasteiger partial charge in [0.05, 0.1) is 0 Å². The van der Waals surface area contributed by atoms with Crippen LogP contribution in [0.4, 0.5) is 0 Å². The van der Waals surface area contributed by atoms with Gasteiger partial charge in [0, 0.05) is 25.8 Å². The van der Waals surface area contributed by atoms with Crippen LogP contribution >= 0.6 is 0 Å². The molecule has 0 aliphatic heterocycles. The van der Waals surface area contributed by atoms with Gasteiger partial charge in [-0.15, -0.1) is 0 Å². The molecule has 3 heteroatoms. The summed E-state index contributed by atoms with van der Waals surface area (Å²) in [5.74, 6) is 0. The summed E-state index contributed by atoms with van der Waals surface area (Å²) < 4.78 is 5.09. The summed E-state index contributed by atoms with van der Waals surface area (Å²) in [6.45, 7) is 6.27. The van der Waals surface area contributed by atoms with Crippen molar-refractivity contribution < 1.29 is 4.74 Å². The summed E-state index contributed by atoms with van der Waals surface area (Å²) >= 11 is 0. The molecule has 1 aliphatic rings. The molecule has 0 aromatic carbocycles. The molecule has 0 bridgehead atoms. The zero-order valence-corrected chi connectivity index (χ0v) is 11.0. The van der Waals surface area contributed by atoms with Crippen molar-refractivity contribution >= 4 is 0 Å². The van der Waals surface area contributed by atoms with Crippen LogP contribution in [0, 0.1) is 0 Å². The van der Waals surface area contributed by atoms with Crippen molar-refractivity contribution in [3.63, 3.8) is 0 Å². The molecule has 0 atom stereocenters. The van der Waals surface area contributed by atoms with Crippen molar-refractivity contribution in [1.82, 2.24) is 4.90 Å². The van der Waals surface area contributed by atoms with Gasteiger partial charge in [0.1, 0.15) is 0 Å². The Balaban J connectivity index is 2.38. The summed E-state index contributed by atoms with van der Waals surface area (Å²) in [6.07, 6.45) is 7.68. The molecular formula is C13H28N2O. The first-order valence-electron chi connectivity index (χ1n) is 6.73. The van der Waals surface area contributed by atoms with Crippen LogP contribution in [-0.4, -0.2) is 43.8 Å². The van der Waals surface area contributed by atoms with Crippen molar-refractivity contribution in [2.24, 2.45) is 5.73 Å². The van der Waals surface area contributed by atoms with Crippen LogP contribution in [0.1, 0.15) is 45.4 Å². The van der Waals surface area contributed by atoms with E-state index < -0.39 is 0 Å². The molecule has 0 unspecified atom stereocenters. The van der Waals surface area contributed by atoms with Crippen LogP contribution < -0.4 is 5.73 Å². The SMILES string of the molecule is CCN(CCCCOC)C1(CN)CCCC1. The molecule has 0 aromatic heterocycles. The van der Waals surface area contributed by atoms with E-state index in [2.05, 4.69) is 11.8 Å². The molecule has 0 radical (unpaired) electrons. The van der Waals surface area contributed by atoms with E-state index in [4.69, 9.17) is 10.5 Å². The highest BCUT2D eigenvalue weighted by atomic mass is 16.5. The fraction of sp³-hybridized carbons (Fsp3) is 1.00. The van der Waals surface area contributed by atoms with Gasteiger partial charge in [-0.1, -0.05) is 19.8 Å². The van der Waals surface area contributed by atoms with Crippen LogP contribution in [-0.2, 0) is 4.74 Å². The normalized spacial score (nSPS) is 19.5. The monoisotopic (exact) mass is 228 g/mol. The molecule has 0 aromatic rings. The first-order valence-corrected chi connectivity index (χ1v) is 6.73. The molecule has 0 amide bonds. The number of likely N-dealkylation sites (N-methyl/N-ethyl adjacent to an activating group) is 1. The lowest BCUT2D eigenvalue weighted by molar-refractivity contribution is 0.0984. The van der Waals surface area contributed by atoms with E-state index in [9.17, 15) is 0 Å². The number of rotatable bonds is 8. The highest BCUT2D eigenvalue weighted by molar-refractivity contribution is 4.95. The Kier molecular flexibility index (Phi) is 6.32. The van der Waals surface area contributed by atoms with Gasteiger partial charge in [-0.2, -0.15) is 0 Å². The second-order valence-electron chi connectivity index (χ2n) is 4.92. The van der Waals surface area contributed by atoms with E-state index in [0.717, 1.165) is 26.1 Å². The zero-order chi connectivity index (χ0) is 11.9. The van der Waals surface area contributed by atoms with Crippen molar-refractivity contribution in [2.45, 2.75) is 51.0 Å². The van der Waals surface area contributed by atoms with Crippen LogP contribution in [0.25, 0.3) is 0 Å². The van der Waals surface area contributed by atoms with Crippen molar-refractivity contribution in [2.75, 3.05) is 33.4 Å². The van der Waals surface area contributed by atoms with E-state index in [-0.39, 0.29) is 0 Å². The molecule has 0 heterocycles. The third-order valence-electron chi connectivity index (χ3n) is 3.99. The lowest BCUT2D eigenvalue weighted by atomic mass is 9.94. The third kappa shape index (κ3) is 3.44. The lowest BCUT2D eigenvalue weighted by Crippen LogP contribution is -2.52. The molecule has 96 valence electrons. The second kappa shape index (κ2) is 7.25. The van der Waals surface area contributed by atoms with Gasteiger partial charge in [-0.05, 0) is 38.8 Å². The Bertz CT molecular complexity index is 179. The second-order valence-corrected chi connectivity index (χ2v) is 4.92. The fourth-order valence-corrected chi connectivity index (χ4v) is 2.96. The molecule has 0 spiro atoms. The first kappa shape index (κ1) is 13.9. The minimum absolute atomic E-state index is 0.321. The molecule has 1 saturated carbocycles. The fourth-order valence-electron chi connectivity index (χ4n) is 2.96. The molecule has 3 nitrogen and oxygen atoms in total. The maximum absolute atomic E-state index is 6.01. The minimum atomic E-state index is 0.321. The average Bonchev–Trinajstić information content (AvgIpc) is 2.79. The topological polar surface area (TPSA) is 38.5 Å². The van der Waals surface area contributed by atoms with E-state index in [1.807, 2.05) is 0 Å². The number of hydrogen-bond acceptors (Lipinski definition) is 3. The van der Waals surface area contributed by atoms with Gasteiger partial charge in [0.2, 0.25) is 0 Å². The predicted octanol–water partition coefficient (Wildman–Crippen LogP) is 2.01. The van der Waals surface area contributed by atoms with Crippen molar-refractivity contribution in [3.8, 4) is 0 Å². The van der Waals surface area contributed by atoms with Gasteiger partial charge in [-0.3, -0.25) is 4.90 Å². The van der Waals surface area contributed by atoms with Gasteiger partial charge in [0.25, 0.3) is 0 Å². The van der Waals surface area contributed by atoms with Gasteiger partial charge < -0.3 is 10.5 Å². The molecule has 2 N–H and O–H groups in total. The maximum Gasteiger partial charge on any atom is 0.0462 e. The van der Waals surface area contributed by atoms with Crippen LogP contribution in [0.3, 0.4) is 0 Å². The Labute approximate surface area is 100 Å². The van der Waals surface area contributed by atoms with E-state index in [1.165, 1.54) is 38.6 Å². The summed E-state index contributed by atoms with van der Waals surface area (Å²) in [6, 6.07) is 0. The quantitative estimate of drug-likeness (QED) is 0.646. The first-order chi connectivity index (χ1) is 7.79. The molecule has 1 rings (SSSR count). The molecule has 1 fully saturated rings. The highest BCUT2D eigenvalue weighted by Gasteiger charge is 2.36. The van der Waals surface area contributed by atoms with Gasteiger partial charge in [0.15, 0.2) is 0 Å². The summed E-state index contributed by atoms with van der Waals surface area (Å²) in [4.78, 5) is 2.61. The Hall–Kier alpha value is -0.120. The van der Waals surface area contributed by atoms with E-state index in [1.54, 1.807) is 7.11 Å². The average molecular weight is 228 g/mol. The van der Waals surface area contributed by atoms with Crippen LogP contribution in [0.2, 0.25) is 0 Å². The third-order valence-corrected chi connectivity index (χ3v) is 3.99. The molecule has 0 saturated heterocycles. The summed E-state index contributed by atoms with van der Waals surface area (Å²) in [5.41, 5.74) is 6.33. The van der Waals surface area contributed by atoms with Crippen LogP contribution in [0.15, 0.2) is 0 Å². The van der Waals surface area contributed by atoms with Crippen LogP contribution in [0.5, 0.6) is 0 Å². The number of nitrogens with two attached hydrogens (primary N) is 1. The summed E-state index contributed by atoms with van der Waals surface area (Å²) in [7, 11) is 1.77. The number of unbranched alkanes of at least 4 members (excludes halogenated alkanes) is 1. The molecular weight excluding hydrogens is 200 g/mol. The maximum atomic E-state index is 6.01. The van der Waals surface area contributed by atoms with Gasteiger partial charge >= 0.3 is 0 Å². The minimum Gasteiger partial charge on any atom is -0.385 e. The number of nitrogens with zero attached hydrogens (tertiary/aromatic N) is 1. The van der Waals surface area contributed by atoms with E-state index in [0.29, 0.717) is 5.54 Å². The number of methoxy groups -OCH3 is 1. The van der Waals surface area contributed by atoms with Gasteiger partial charge in [-0.25, -0.2) is 0 Å². The number of ether oxygens (including phenoxy) is 1.